The molecular formula is C21H28N2O4. The number of carbonyl (C=O) groups is 3. The summed E-state index contributed by atoms with van der Waals surface area (Å²) >= 11 is 0. The highest BCUT2D eigenvalue weighted by Gasteiger charge is 2.28. The Balaban J connectivity index is 1.37. The van der Waals surface area contributed by atoms with Crippen molar-refractivity contribution < 1.29 is 19.1 Å². The largest absolute Gasteiger partial charge is 0.378 e. The molecule has 3 rings (SSSR count). The second kappa shape index (κ2) is 9.65. The summed E-state index contributed by atoms with van der Waals surface area (Å²) in [4.78, 5) is 36.8. The maximum atomic E-state index is 12.2. The van der Waals surface area contributed by atoms with Gasteiger partial charge in [-0.05, 0) is 37.0 Å². The Morgan fingerprint density at radius 3 is 2.37 bits per heavy atom. The van der Waals surface area contributed by atoms with Crippen molar-refractivity contribution in [1.82, 2.24) is 10.2 Å². The topological polar surface area (TPSA) is 75.7 Å². The number of nitrogens with one attached hydrogen (secondary N) is 1. The first-order valence-electron chi connectivity index (χ1n) is 9.95. The van der Waals surface area contributed by atoms with E-state index < -0.39 is 0 Å². The van der Waals surface area contributed by atoms with Gasteiger partial charge in [0.05, 0.1) is 12.6 Å². The number of imide groups is 1. The van der Waals surface area contributed by atoms with Crippen molar-refractivity contribution in [2.75, 3.05) is 13.2 Å². The summed E-state index contributed by atoms with van der Waals surface area (Å²) in [7, 11) is 0. The average Bonchev–Trinajstić information content (AvgIpc) is 3.01. The summed E-state index contributed by atoms with van der Waals surface area (Å²) in [5, 5.41) is 2.91. The van der Waals surface area contributed by atoms with Gasteiger partial charge in [-0.3, -0.25) is 19.3 Å². The summed E-state index contributed by atoms with van der Waals surface area (Å²) < 4.78 is 5.86. The van der Waals surface area contributed by atoms with Crippen molar-refractivity contribution >= 4 is 17.7 Å². The predicted molar refractivity (Wildman–Crippen MR) is 101 cm³/mol. The Bertz CT molecular complexity index is 649. The number of hydrogen-bond donors (Lipinski definition) is 1. The first-order chi connectivity index (χ1) is 13.1. The number of nitrogens with zero attached hydrogens (tertiary/aromatic N) is 1. The fourth-order valence-corrected chi connectivity index (χ4v) is 3.60. The lowest BCUT2D eigenvalue weighted by molar-refractivity contribution is -0.139. The first-order valence-corrected chi connectivity index (χ1v) is 9.95. The van der Waals surface area contributed by atoms with Crippen LogP contribution in [0.1, 0.15) is 67.3 Å². The minimum Gasteiger partial charge on any atom is -0.378 e. The van der Waals surface area contributed by atoms with E-state index in [1.807, 2.05) is 0 Å². The Morgan fingerprint density at radius 1 is 1.04 bits per heavy atom. The van der Waals surface area contributed by atoms with Crippen LogP contribution < -0.4 is 5.32 Å². The van der Waals surface area contributed by atoms with Gasteiger partial charge in [0.1, 0.15) is 0 Å². The van der Waals surface area contributed by atoms with Crippen LogP contribution in [-0.4, -0.2) is 41.9 Å². The number of amides is 3. The van der Waals surface area contributed by atoms with Crippen LogP contribution in [0.5, 0.6) is 0 Å². The summed E-state index contributed by atoms with van der Waals surface area (Å²) in [6.45, 7) is 1.55. The molecule has 6 heteroatoms. The van der Waals surface area contributed by atoms with Gasteiger partial charge in [-0.2, -0.15) is 0 Å². The highest BCUT2D eigenvalue weighted by atomic mass is 16.5. The molecule has 1 aliphatic carbocycles. The van der Waals surface area contributed by atoms with E-state index in [0.717, 1.165) is 24.8 Å². The fraction of sp³-hybridized carbons (Fsp3) is 0.571. The number of benzene rings is 1. The molecule has 2 aliphatic rings. The van der Waals surface area contributed by atoms with Crippen LogP contribution in [-0.2, 0) is 20.9 Å². The molecule has 1 aromatic rings. The second-order valence-corrected chi connectivity index (χ2v) is 7.31. The van der Waals surface area contributed by atoms with Gasteiger partial charge in [0, 0.05) is 31.6 Å². The van der Waals surface area contributed by atoms with Crippen LogP contribution in [0.2, 0.25) is 0 Å². The molecule has 3 amide bonds. The number of carbonyl (C=O) groups excluding carboxylic acids is 3. The molecule has 146 valence electrons. The van der Waals surface area contributed by atoms with Crippen molar-refractivity contribution in [2.24, 2.45) is 0 Å². The molecule has 1 heterocycles. The fourth-order valence-electron chi connectivity index (χ4n) is 3.60. The predicted octanol–water partition coefficient (Wildman–Crippen LogP) is 2.80. The lowest BCUT2D eigenvalue weighted by atomic mass is 9.98. The van der Waals surface area contributed by atoms with E-state index in [1.54, 1.807) is 24.3 Å². The second-order valence-electron chi connectivity index (χ2n) is 7.31. The van der Waals surface area contributed by atoms with E-state index in [1.165, 1.54) is 24.2 Å². The summed E-state index contributed by atoms with van der Waals surface area (Å²) in [5.74, 6) is -0.373. The molecule has 6 nitrogen and oxygen atoms in total. The van der Waals surface area contributed by atoms with Gasteiger partial charge < -0.3 is 10.1 Å². The van der Waals surface area contributed by atoms with Gasteiger partial charge in [-0.15, -0.1) is 0 Å². The van der Waals surface area contributed by atoms with Crippen LogP contribution in [0.25, 0.3) is 0 Å². The van der Waals surface area contributed by atoms with Gasteiger partial charge in [0.15, 0.2) is 0 Å². The minimum atomic E-state index is -0.128. The van der Waals surface area contributed by atoms with Crippen molar-refractivity contribution in [3.8, 4) is 0 Å². The SMILES string of the molecule is O=C(NCCCOC1CCCCC1)c1ccc(CN2C(=O)CCC2=O)cc1. The maximum Gasteiger partial charge on any atom is 0.251 e. The van der Waals surface area contributed by atoms with Crippen molar-refractivity contribution in [2.45, 2.75) is 64.0 Å². The minimum absolute atomic E-state index is 0.118. The third-order valence-corrected chi connectivity index (χ3v) is 5.22. The third kappa shape index (κ3) is 5.63. The smallest absolute Gasteiger partial charge is 0.251 e. The number of likely N-dealkylation sites (tertiary alicyclic amines) is 1. The molecule has 27 heavy (non-hydrogen) atoms. The molecule has 1 saturated carbocycles. The van der Waals surface area contributed by atoms with Crippen LogP contribution in [0.4, 0.5) is 0 Å². The van der Waals surface area contributed by atoms with E-state index in [0.29, 0.717) is 37.7 Å². The number of hydrogen-bond acceptors (Lipinski definition) is 4. The lowest BCUT2D eigenvalue weighted by Crippen LogP contribution is -2.28. The Morgan fingerprint density at radius 2 is 1.70 bits per heavy atom. The summed E-state index contributed by atoms with van der Waals surface area (Å²) in [6, 6.07) is 7.04. The van der Waals surface area contributed by atoms with E-state index in [4.69, 9.17) is 4.74 Å². The molecule has 1 saturated heterocycles. The number of rotatable bonds is 8. The summed E-state index contributed by atoms with van der Waals surface area (Å²) in [5.41, 5.74) is 1.42. The molecular weight excluding hydrogens is 344 g/mol. The van der Waals surface area contributed by atoms with Crippen LogP contribution in [0.15, 0.2) is 24.3 Å². The third-order valence-electron chi connectivity index (χ3n) is 5.22. The zero-order valence-electron chi connectivity index (χ0n) is 15.7. The molecule has 0 spiro atoms. The maximum absolute atomic E-state index is 12.2. The Hall–Kier alpha value is -2.21. The van der Waals surface area contributed by atoms with E-state index in [2.05, 4.69) is 5.32 Å². The van der Waals surface area contributed by atoms with Gasteiger partial charge in [-0.25, -0.2) is 0 Å². The Labute approximate surface area is 160 Å². The molecule has 0 bridgehead atoms. The van der Waals surface area contributed by atoms with E-state index >= 15 is 0 Å². The average molecular weight is 372 g/mol. The molecule has 1 aliphatic heterocycles. The molecule has 1 aromatic carbocycles. The zero-order valence-corrected chi connectivity index (χ0v) is 15.7. The lowest BCUT2D eigenvalue weighted by Gasteiger charge is -2.21. The van der Waals surface area contributed by atoms with Gasteiger partial charge in [0.25, 0.3) is 5.91 Å². The normalized spacial score (nSPS) is 18.1. The molecule has 2 fully saturated rings. The monoisotopic (exact) mass is 372 g/mol. The molecule has 0 atom stereocenters. The van der Waals surface area contributed by atoms with Gasteiger partial charge in [-0.1, -0.05) is 31.4 Å². The van der Waals surface area contributed by atoms with E-state index in [9.17, 15) is 14.4 Å². The molecule has 0 radical (unpaired) electrons. The van der Waals surface area contributed by atoms with Crippen LogP contribution in [0, 0.1) is 0 Å². The van der Waals surface area contributed by atoms with Crippen molar-refractivity contribution in [3.05, 3.63) is 35.4 Å². The van der Waals surface area contributed by atoms with Gasteiger partial charge in [0.2, 0.25) is 11.8 Å². The first kappa shape index (κ1) is 19.5. The summed E-state index contributed by atoms with van der Waals surface area (Å²) in [6.07, 6.45) is 7.96. The molecule has 1 N–H and O–H groups in total. The standard InChI is InChI=1S/C21H28N2O4/c24-19-11-12-20(25)23(19)15-16-7-9-17(10-8-16)21(26)22-13-4-14-27-18-5-2-1-3-6-18/h7-10,18H,1-6,11-15H2,(H,22,26). The molecule has 0 aromatic heterocycles. The van der Waals surface area contributed by atoms with Crippen LogP contribution in [0.3, 0.4) is 0 Å². The number of ether oxygens (including phenoxy) is 1. The Kier molecular flexibility index (Phi) is 6.98. The van der Waals surface area contributed by atoms with Gasteiger partial charge >= 0.3 is 0 Å². The van der Waals surface area contributed by atoms with Crippen LogP contribution >= 0.6 is 0 Å². The molecule has 0 unspecified atom stereocenters. The van der Waals surface area contributed by atoms with Crippen molar-refractivity contribution in [1.29, 1.82) is 0 Å². The quantitative estimate of drug-likeness (QED) is 0.562. The highest BCUT2D eigenvalue weighted by molar-refractivity contribution is 6.01. The highest BCUT2D eigenvalue weighted by Crippen LogP contribution is 2.20. The van der Waals surface area contributed by atoms with E-state index in [-0.39, 0.29) is 24.3 Å². The zero-order chi connectivity index (χ0) is 19.1. The van der Waals surface area contributed by atoms with Crippen molar-refractivity contribution in [3.63, 3.8) is 0 Å².